The molecular formula is C13H19FN2O2. The van der Waals surface area contributed by atoms with Gasteiger partial charge in [-0.2, -0.15) is 0 Å². The van der Waals surface area contributed by atoms with Gasteiger partial charge in [0, 0.05) is 38.3 Å². The van der Waals surface area contributed by atoms with Crippen LogP contribution in [0.25, 0.3) is 0 Å². The van der Waals surface area contributed by atoms with Crippen LogP contribution in [0.2, 0.25) is 0 Å². The summed E-state index contributed by atoms with van der Waals surface area (Å²) in [6.45, 7) is 4.70. The molecule has 100 valence electrons. The van der Waals surface area contributed by atoms with Crippen molar-refractivity contribution < 1.29 is 13.9 Å². The van der Waals surface area contributed by atoms with Gasteiger partial charge in [-0.05, 0) is 6.07 Å². The third-order valence-corrected chi connectivity index (χ3v) is 3.16. The van der Waals surface area contributed by atoms with Crippen LogP contribution in [0, 0.1) is 5.82 Å². The zero-order chi connectivity index (χ0) is 13.0. The van der Waals surface area contributed by atoms with E-state index in [4.69, 9.17) is 9.47 Å². The van der Waals surface area contributed by atoms with Crippen LogP contribution in [-0.2, 0) is 6.54 Å². The van der Waals surface area contributed by atoms with Crippen molar-refractivity contribution >= 4 is 0 Å². The predicted molar refractivity (Wildman–Crippen MR) is 67.7 cm³/mol. The first-order chi connectivity index (χ1) is 8.76. The Morgan fingerprint density at radius 2 is 1.83 bits per heavy atom. The van der Waals surface area contributed by atoms with Crippen LogP contribution in [0.15, 0.2) is 12.1 Å². The number of piperazine rings is 1. The van der Waals surface area contributed by atoms with Crippen molar-refractivity contribution in [2.75, 3.05) is 40.4 Å². The first-order valence-corrected chi connectivity index (χ1v) is 6.08. The lowest BCUT2D eigenvalue weighted by Gasteiger charge is -2.28. The third kappa shape index (κ3) is 2.73. The van der Waals surface area contributed by atoms with Gasteiger partial charge < -0.3 is 14.8 Å². The van der Waals surface area contributed by atoms with Crippen LogP contribution in [-0.4, -0.2) is 45.3 Å². The largest absolute Gasteiger partial charge is 0.492 e. The molecule has 0 saturated carbocycles. The molecule has 0 unspecified atom stereocenters. The number of methoxy groups -OCH3 is 2. The summed E-state index contributed by atoms with van der Waals surface area (Å²) in [5.41, 5.74) is 0.956. The fraction of sp³-hybridized carbons (Fsp3) is 0.538. The molecule has 18 heavy (non-hydrogen) atoms. The highest BCUT2D eigenvalue weighted by Gasteiger charge is 2.18. The topological polar surface area (TPSA) is 33.7 Å². The van der Waals surface area contributed by atoms with E-state index >= 15 is 0 Å². The summed E-state index contributed by atoms with van der Waals surface area (Å²) in [7, 11) is 2.99. The number of nitrogens with one attached hydrogen (secondary N) is 1. The predicted octanol–water partition coefficient (Wildman–Crippen LogP) is 1.25. The minimum Gasteiger partial charge on any atom is -0.492 e. The second-order valence-electron chi connectivity index (χ2n) is 4.30. The summed E-state index contributed by atoms with van der Waals surface area (Å²) in [5.74, 6) is 0.291. The van der Waals surface area contributed by atoms with Gasteiger partial charge >= 0.3 is 0 Å². The number of ether oxygens (including phenoxy) is 2. The summed E-state index contributed by atoms with van der Waals surface area (Å²) in [6, 6.07) is 3.19. The maximum atomic E-state index is 13.6. The summed E-state index contributed by atoms with van der Waals surface area (Å²) >= 11 is 0. The average molecular weight is 254 g/mol. The summed E-state index contributed by atoms with van der Waals surface area (Å²) in [4.78, 5) is 2.31. The first kappa shape index (κ1) is 13.1. The lowest BCUT2D eigenvalue weighted by Crippen LogP contribution is -2.42. The molecule has 0 radical (unpaired) electrons. The number of rotatable bonds is 4. The molecule has 1 saturated heterocycles. The fourth-order valence-corrected chi connectivity index (χ4v) is 2.23. The highest BCUT2D eigenvalue weighted by Crippen LogP contribution is 2.34. The summed E-state index contributed by atoms with van der Waals surface area (Å²) < 4.78 is 23.9. The Morgan fingerprint density at radius 1 is 1.17 bits per heavy atom. The van der Waals surface area contributed by atoms with Gasteiger partial charge in [0.25, 0.3) is 0 Å². The van der Waals surface area contributed by atoms with Crippen molar-refractivity contribution in [2.24, 2.45) is 0 Å². The SMILES string of the molecule is COc1c(F)ccc(CN2CCNCC2)c1OC. The molecule has 0 bridgehead atoms. The smallest absolute Gasteiger partial charge is 0.197 e. The van der Waals surface area contributed by atoms with Crippen LogP contribution < -0.4 is 14.8 Å². The van der Waals surface area contributed by atoms with E-state index in [9.17, 15) is 4.39 Å². The molecule has 1 aliphatic heterocycles. The molecule has 0 amide bonds. The third-order valence-electron chi connectivity index (χ3n) is 3.16. The van der Waals surface area contributed by atoms with E-state index in [2.05, 4.69) is 10.2 Å². The van der Waals surface area contributed by atoms with Gasteiger partial charge in [-0.3, -0.25) is 4.90 Å². The molecular weight excluding hydrogens is 235 g/mol. The van der Waals surface area contributed by atoms with Crippen molar-refractivity contribution in [3.05, 3.63) is 23.5 Å². The number of benzene rings is 1. The molecule has 1 N–H and O–H groups in total. The molecule has 2 rings (SSSR count). The van der Waals surface area contributed by atoms with Crippen LogP contribution in [0.5, 0.6) is 11.5 Å². The van der Waals surface area contributed by atoms with Gasteiger partial charge in [0.2, 0.25) is 0 Å². The molecule has 0 atom stereocenters. The van der Waals surface area contributed by atoms with Gasteiger partial charge in [0.1, 0.15) is 0 Å². The van der Waals surface area contributed by atoms with Crippen molar-refractivity contribution in [3.63, 3.8) is 0 Å². The molecule has 5 heteroatoms. The molecule has 1 aromatic carbocycles. The zero-order valence-electron chi connectivity index (χ0n) is 10.8. The Labute approximate surface area is 107 Å². The second kappa shape index (κ2) is 6.02. The Kier molecular flexibility index (Phi) is 4.38. The van der Waals surface area contributed by atoms with E-state index in [-0.39, 0.29) is 5.75 Å². The van der Waals surface area contributed by atoms with Crippen molar-refractivity contribution in [3.8, 4) is 11.5 Å². The maximum Gasteiger partial charge on any atom is 0.197 e. The summed E-state index contributed by atoms with van der Waals surface area (Å²) in [6.07, 6.45) is 0. The summed E-state index contributed by atoms with van der Waals surface area (Å²) in [5, 5.41) is 3.30. The zero-order valence-corrected chi connectivity index (χ0v) is 10.8. The monoisotopic (exact) mass is 254 g/mol. The number of nitrogens with zero attached hydrogens (tertiary/aromatic N) is 1. The molecule has 1 heterocycles. The van der Waals surface area contributed by atoms with Gasteiger partial charge in [-0.25, -0.2) is 4.39 Å². The van der Waals surface area contributed by atoms with E-state index in [0.717, 1.165) is 38.3 Å². The van der Waals surface area contributed by atoms with E-state index < -0.39 is 5.82 Å². The standard InChI is InChI=1S/C13H19FN2O2/c1-17-12-10(3-4-11(14)13(12)18-2)9-16-7-5-15-6-8-16/h3-4,15H,5-9H2,1-2H3. The fourth-order valence-electron chi connectivity index (χ4n) is 2.23. The molecule has 4 nitrogen and oxygen atoms in total. The van der Waals surface area contributed by atoms with Gasteiger partial charge in [0.15, 0.2) is 17.3 Å². The highest BCUT2D eigenvalue weighted by atomic mass is 19.1. The van der Waals surface area contributed by atoms with Crippen molar-refractivity contribution in [1.82, 2.24) is 10.2 Å². The number of halogens is 1. The number of hydrogen-bond donors (Lipinski definition) is 1. The van der Waals surface area contributed by atoms with Crippen molar-refractivity contribution in [2.45, 2.75) is 6.54 Å². The van der Waals surface area contributed by atoms with E-state index in [0.29, 0.717) is 5.75 Å². The molecule has 0 aromatic heterocycles. The number of hydrogen-bond acceptors (Lipinski definition) is 4. The molecule has 1 fully saturated rings. The highest BCUT2D eigenvalue weighted by molar-refractivity contribution is 5.47. The van der Waals surface area contributed by atoms with Crippen LogP contribution in [0.3, 0.4) is 0 Å². The normalized spacial score (nSPS) is 16.6. The van der Waals surface area contributed by atoms with Crippen LogP contribution in [0.1, 0.15) is 5.56 Å². The maximum absolute atomic E-state index is 13.6. The Bertz CT molecular complexity index is 406. The molecule has 0 aliphatic carbocycles. The van der Waals surface area contributed by atoms with E-state index in [1.807, 2.05) is 0 Å². The van der Waals surface area contributed by atoms with Crippen LogP contribution >= 0.6 is 0 Å². The quantitative estimate of drug-likeness (QED) is 0.876. The molecule has 1 aliphatic rings. The van der Waals surface area contributed by atoms with Gasteiger partial charge in [0.05, 0.1) is 14.2 Å². The van der Waals surface area contributed by atoms with Gasteiger partial charge in [-0.1, -0.05) is 6.07 Å². The lowest BCUT2D eigenvalue weighted by molar-refractivity contribution is 0.228. The second-order valence-corrected chi connectivity index (χ2v) is 4.30. The van der Waals surface area contributed by atoms with Gasteiger partial charge in [-0.15, -0.1) is 0 Å². The lowest BCUT2D eigenvalue weighted by atomic mass is 10.1. The Morgan fingerprint density at radius 3 is 2.44 bits per heavy atom. The Balaban J connectivity index is 2.21. The van der Waals surface area contributed by atoms with E-state index in [1.165, 1.54) is 13.2 Å². The Hall–Kier alpha value is -1.33. The molecule has 0 spiro atoms. The van der Waals surface area contributed by atoms with Crippen molar-refractivity contribution in [1.29, 1.82) is 0 Å². The average Bonchev–Trinajstić information content (AvgIpc) is 2.41. The van der Waals surface area contributed by atoms with E-state index in [1.54, 1.807) is 13.2 Å². The minimum absolute atomic E-state index is 0.185. The minimum atomic E-state index is -0.390. The van der Waals surface area contributed by atoms with Crippen LogP contribution in [0.4, 0.5) is 4.39 Å². The molecule has 1 aromatic rings. The first-order valence-electron chi connectivity index (χ1n) is 6.08.